The number of benzene rings is 2. The molecular weight excluding hydrogens is 469 g/mol. The van der Waals surface area contributed by atoms with E-state index in [9.17, 15) is 9.65 Å². The molecule has 0 aliphatic heterocycles. The number of unbranched alkanes of at least 4 members (excludes halogenated alkanes) is 1. The molecule has 4 heteroatoms. The highest BCUT2D eigenvalue weighted by Crippen LogP contribution is 2.26. The van der Waals surface area contributed by atoms with Crippen molar-refractivity contribution in [2.45, 2.75) is 52.0 Å². The zero-order valence-corrected chi connectivity index (χ0v) is 22.4. The van der Waals surface area contributed by atoms with E-state index >= 15 is 0 Å². The molecule has 0 bridgehead atoms. The second-order valence-corrected chi connectivity index (χ2v) is 9.82. The monoisotopic (exact) mass is 507 g/mol. The summed E-state index contributed by atoms with van der Waals surface area (Å²) in [7, 11) is 0. The molecular formula is C34H38FN3. The Bertz CT molecular complexity index is 1300. The summed E-state index contributed by atoms with van der Waals surface area (Å²) < 4.78 is 13.4. The van der Waals surface area contributed by atoms with Crippen LogP contribution in [0, 0.1) is 23.1 Å². The molecule has 3 nitrogen and oxygen atoms in total. The summed E-state index contributed by atoms with van der Waals surface area (Å²) in [5, 5.41) is 9.83. The molecule has 2 aromatic rings. The molecule has 3 rings (SSSR count). The molecule has 0 saturated heterocycles. The molecule has 0 heterocycles. The van der Waals surface area contributed by atoms with E-state index in [0.29, 0.717) is 13.1 Å². The highest BCUT2D eigenvalue weighted by Gasteiger charge is 2.18. The Kier molecular flexibility index (Phi) is 11.2. The van der Waals surface area contributed by atoms with Crippen molar-refractivity contribution in [3.05, 3.63) is 131 Å². The largest absolute Gasteiger partial charge is 0.326 e. The Labute approximate surface area is 227 Å². The number of hydrogen-bond donors (Lipinski definition) is 1. The first-order valence-corrected chi connectivity index (χ1v) is 13.3. The molecule has 2 N–H and O–H groups in total. The van der Waals surface area contributed by atoms with E-state index in [4.69, 9.17) is 10.7 Å². The molecule has 0 aromatic heterocycles. The van der Waals surface area contributed by atoms with Gasteiger partial charge < -0.3 is 5.73 Å². The van der Waals surface area contributed by atoms with Crippen molar-refractivity contribution in [3.63, 3.8) is 0 Å². The van der Waals surface area contributed by atoms with Crippen molar-refractivity contribution in [2.24, 2.45) is 16.6 Å². The first kappa shape index (κ1) is 28.8. The quantitative estimate of drug-likeness (QED) is 0.171. The average molecular weight is 508 g/mol. The Morgan fingerprint density at radius 3 is 2.55 bits per heavy atom. The number of allylic oxidation sites excluding steroid dienone is 8. The fraction of sp³-hybridized carbons (Fsp3) is 0.294. The van der Waals surface area contributed by atoms with Gasteiger partial charge in [-0.2, -0.15) is 5.26 Å². The van der Waals surface area contributed by atoms with Crippen LogP contribution in [0.3, 0.4) is 0 Å². The van der Waals surface area contributed by atoms with E-state index in [1.165, 1.54) is 11.6 Å². The Morgan fingerprint density at radius 2 is 1.82 bits per heavy atom. The normalized spacial score (nSPS) is 15.6. The second-order valence-electron chi connectivity index (χ2n) is 9.82. The van der Waals surface area contributed by atoms with Gasteiger partial charge in [-0.25, -0.2) is 4.39 Å². The van der Waals surface area contributed by atoms with Crippen molar-refractivity contribution >= 4 is 5.71 Å². The van der Waals surface area contributed by atoms with Gasteiger partial charge >= 0.3 is 0 Å². The van der Waals surface area contributed by atoms with Gasteiger partial charge in [-0.15, -0.1) is 0 Å². The van der Waals surface area contributed by atoms with Gasteiger partial charge in [0, 0.05) is 24.2 Å². The molecule has 0 radical (unpaired) electrons. The summed E-state index contributed by atoms with van der Waals surface area (Å²) >= 11 is 0. The fourth-order valence-electron chi connectivity index (χ4n) is 4.48. The summed E-state index contributed by atoms with van der Waals surface area (Å²) in [6, 6.07) is 17.5. The number of aryl methyl sites for hydroxylation is 2. The van der Waals surface area contributed by atoms with Crippen LogP contribution in [0.2, 0.25) is 0 Å². The van der Waals surface area contributed by atoms with Gasteiger partial charge in [0.2, 0.25) is 0 Å². The van der Waals surface area contributed by atoms with Crippen LogP contribution in [0.4, 0.5) is 4.39 Å². The average Bonchev–Trinajstić information content (AvgIpc) is 2.93. The third-order valence-corrected chi connectivity index (χ3v) is 6.84. The number of hydrogen-bond acceptors (Lipinski definition) is 3. The van der Waals surface area contributed by atoms with Crippen LogP contribution < -0.4 is 5.73 Å². The van der Waals surface area contributed by atoms with Crippen molar-refractivity contribution in [1.29, 1.82) is 5.26 Å². The van der Waals surface area contributed by atoms with Crippen LogP contribution in [0.15, 0.2) is 113 Å². The molecule has 38 heavy (non-hydrogen) atoms. The summed E-state index contributed by atoms with van der Waals surface area (Å²) in [5.74, 6) is -0.0398. The smallest absolute Gasteiger partial charge is 0.123 e. The molecule has 2 aromatic carbocycles. The topological polar surface area (TPSA) is 62.2 Å². The zero-order chi connectivity index (χ0) is 27.3. The number of nitriles is 1. The van der Waals surface area contributed by atoms with Gasteiger partial charge in [0.25, 0.3) is 0 Å². The molecule has 0 fully saturated rings. The van der Waals surface area contributed by atoms with Gasteiger partial charge in [0.15, 0.2) is 0 Å². The van der Waals surface area contributed by atoms with Gasteiger partial charge in [-0.3, -0.25) is 4.99 Å². The maximum Gasteiger partial charge on any atom is 0.123 e. The summed E-state index contributed by atoms with van der Waals surface area (Å²) in [6.45, 7) is 11.7. The Hall–Kier alpha value is -3.81. The van der Waals surface area contributed by atoms with Crippen LogP contribution in [-0.4, -0.2) is 12.3 Å². The van der Waals surface area contributed by atoms with Gasteiger partial charge in [-0.1, -0.05) is 74.7 Å². The van der Waals surface area contributed by atoms with E-state index in [0.717, 1.165) is 77.7 Å². The maximum absolute atomic E-state index is 13.4. The van der Waals surface area contributed by atoms with Crippen molar-refractivity contribution in [2.75, 3.05) is 6.54 Å². The highest BCUT2D eigenvalue weighted by atomic mass is 19.1. The first-order valence-electron chi connectivity index (χ1n) is 13.3. The third kappa shape index (κ3) is 8.64. The zero-order valence-electron chi connectivity index (χ0n) is 22.4. The van der Waals surface area contributed by atoms with Gasteiger partial charge in [0.05, 0.1) is 11.8 Å². The minimum Gasteiger partial charge on any atom is -0.326 e. The van der Waals surface area contributed by atoms with Crippen molar-refractivity contribution in [3.8, 4) is 6.07 Å². The number of rotatable bonds is 13. The number of nitrogens with two attached hydrogens (primary N) is 1. The van der Waals surface area contributed by atoms with Crippen LogP contribution >= 0.6 is 0 Å². The van der Waals surface area contributed by atoms with Gasteiger partial charge in [0.1, 0.15) is 5.82 Å². The molecule has 1 aliphatic rings. The third-order valence-electron chi connectivity index (χ3n) is 6.84. The predicted molar refractivity (Wildman–Crippen MR) is 157 cm³/mol. The molecule has 0 amide bonds. The second kappa shape index (κ2) is 14.8. The molecule has 1 aliphatic carbocycles. The predicted octanol–water partition coefficient (Wildman–Crippen LogP) is 7.77. The Balaban J connectivity index is 1.67. The first-order chi connectivity index (χ1) is 18.4. The standard InChI is InChI=1S/C34H38FN3/c1-25(16-18-29-11-7-13-30(21-29)23-36)26(2)17-19-34(32-15-6-9-27(3)33(32)24-37)38-20-5-4-10-28-12-8-14-31(35)22-28/h6-8,11-15,17,19,21-22,27H,1-2,4-5,9-10,16,18,20,23,36H2,3H3/b19-17-,38-34?. The van der Waals surface area contributed by atoms with Crippen LogP contribution in [-0.2, 0) is 19.4 Å². The van der Waals surface area contributed by atoms with E-state index < -0.39 is 0 Å². The van der Waals surface area contributed by atoms with E-state index in [1.54, 1.807) is 12.1 Å². The number of nitrogens with zero attached hydrogens (tertiary/aromatic N) is 2. The lowest BCUT2D eigenvalue weighted by atomic mass is 9.87. The van der Waals surface area contributed by atoms with Gasteiger partial charge in [-0.05, 0) is 90.5 Å². The van der Waals surface area contributed by atoms with Crippen LogP contribution in [0.1, 0.15) is 49.3 Å². The highest BCUT2D eigenvalue weighted by molar-refractivity contribution is 6.11. The van der Waals surface area contributed by atoms with E-state index in [-0.39, 0.29) is 11.7 Å². The lowest BCUT2D eigenvalue weighted by Crippen LogP contribution is -2.11. The maximum atomic E-state index is 13.4. The minimum absolute atomic E-state index is 0.161. The summed E-state index contributed by atoms with van der Waals surface area (Å²) in [6.07, 6.45) is 13.2. The molecule has 196 valence electrons. The fourth-order valence-corrected chi connectivity index (χ4v) is 4.48. The molecule has 1 atom stereocenters. The van der Waals surface area contributed by atoms with Crippen molar-refractivity contribution < 1.29 is 4.39 Å². The SMILES string of the molecule is C=C(/C=C\C(=NCCCCc1cccc(F)c1)C1=C(C#N)C(C)CC=C1)C(=C)CCc1cccc(CN)c1. The molecule has 0 spiro atoms. The lowest BCUT2D eigenvalue weighted by molar-refractivity contribution is 0.623. The lowest BCUT2D eigenvalue weighted by Gasteiger charge is -2.17. The minimum atomic E-state index is -0.201. The number of halogens is 1. The Morgan fingerprint density at radius 1 is 1.08 bits per heavy atom. The van der Waals surface area contributed by atoms with E-state index in [2.05, 4.69) is 44.4 Å². The van der Waals surface area contributed by atoms with E-state index in [1.807, 2.05) is 36.4 Å². The van der Waals surface area contributed by atoms with Crippen molar-refractivity contribution in [1.82, 2.24) is 0 Å². The molecule has 0 saturated carbocycles. The summed E-state index contributed by atoms with van der Waals surface area (Å²) in [5.41, 5.74) is 13.4. The number of aliphatic imine (C=N–C) groups is 1. The van der Waals surface area contributed by atoms with Crippen LogP contribution in [0.25, 0.3) is 0 Å². The molecule has 1 unspecified atom stereocenters. The summed E-state index contributed by atoms with van der Waals surface area (Å²) in [4.78, 5) is 4.89. The van der Waals surface area contributed by atoms with Crippen LogP contribution in [0.5, 0.6) is 0 Å².